The maximum atomic E-state index is 6.55. The van der Waals surface area contributed by atoms with E-state index in [1.165, 1.54) is 0 Å². The van der Waals surface area contributed by atoms with Gasteiger partial charge in [-0.15, -0.1) is 10.2 Å². The van der Waals surface area contributed by atoms with Gasteiger partial charge in [-0.2, -0.15) is 9.61 Å². The molecule has 2 heterocycles. The normalized spacial score (nSPS) is 11.2. The minimum Gasteiger partial charge on any atom is -0.326 e. The standard InChI is InChI=1S/C24H17Cl2N5/c25-17-11-9-15(10-12-17)20-13-22-28-29-24(18-6-2-1-5-16(18)14-27)31(22)30-23(20)19-7-3-4-8-21(19)26/h1-13H,14,27H2. The number of fused-ring (bicyclic) bond motifs is 1. The highest BCUT2D eigenvalue weighted by atomic mass is 35.5. The highest BCUT2D eigenvalue weighted by Crippen LogP contribution is 2.36. The predicted molar refractivity (Wildman–Crippen MR) is 125 cm³/mol. The van der Waals surface area contributed by atoms with Crippen molar-refractivity contribution in [2.45, 2.75) is 6.54 Å². The van der Waals surface area contributed by atoms with Crippen molar-refractivity contribution >= 4 is 28.8 Å². The number of halogens is 2. The molecule has 0 aliphatic carbocycles. The molecule has 2 aromatic heterocycles. The van der Waals surface area contributed by atoms with E-state index in [1.807, 2.05) is 78.9 Å². The summed E-state index contributed by atoms with van der Waals surface area (Å²) < 4.78 is 1.74. The molecule has 5 nitrogen and oxygen atoms in total. The quantitative estimate of drug-likeness (QED) is 0.374. The van der Waals surface area contributed by atoms with Crippen LogP contribution in [0.25, 0.3) is 39.4 Å². The van der Waals surface area contributed by atoms with Crippen LogP contribution in [0, 0.1) is 0 Å². The Labute approximate surface area is 189 Å². The van der Waals surface area contributed by atoms with Gasteiger partial charge >= 0.3 is 0 Å². The van der Waals surface area contributed by atoms with Crippen LogP contribution in [0.3, 0.4) is 0 Å². The summed E-state index contributed by atoms with van der Waals surface area (Å²) in [6.45, 7) is 0.394. The maximum absolute atomic E-state index is 6.55. The summed E-state index contributed by atoms with van der Waals surface area (Å²) in [4.78, 5) is 0. The Hall–Kier alpha value is -3.25. The third kappa shape index (κ3) is 3.57. The molecule has 0 radical (unpaired) electrons. The fourth-order valence-corrected chi connectivity index (χ4v) is 3.97. The van der Waals surface area contributed by atoms with Crippen LogP contribution < -0.4 is 5.73 Å². The second-order valence-electron chi connectivity index (χ2n) is 7.05. The van der Waals surface area contributed by atoms with Gasteiger partial charge in [-0.3, -0.25) is 0 Å². The van der Waals surface area contributed by atoms with Gasteiger partial charge in [0.05, 0.1) is 5.02 Å². The molecule has 5 rings (SSSR count). The van der Waals surface area contributed by atoms with E-state index in [2.05, 4.69) is 10.2 Å². The van der Waals surface area contributed by atoms with Gasteiger partial charge in [-0.25, -0.2) is 0 Å². The summed E-state index contributed by atoms with van der Waals surface area (Å²) in [6.07, 6.45) is 0. The average molecular weight is 446 g/mol. The molecule has 0 fully saturated rings. The van der Waals surface area contributed by atoms with Crippen LogP contribution in [-0.4, -0.2) is 19.8 Å². The number of aromatic nitrogens is 4. The molecular weight excluding hydrogens is 429 g/mol. The smallest absolute Gasteiger partial charge is 0.185 e. The first kappa shape index (κ1) is 19.7. The molecule has 0 spiro atoms. The minimum absolute atomic E-state index is 0.394. The van der Waals surface area contributed by atoms with Crippen molar-refractivity contribution in [1.82, 2.24) is 19.8 Å². The number of nitrogens with zero attached hydrogens (tertiary/aromatic N) is 4. The molecule has 0 unspecified atom stereocenters. The highest BCUT2D eigenvalue weighted by Gasteiger charge is 2.19. The van der Waals surface area contributed by atoms with Crippen LogP contribution in [0.5, 0.6) is 0 Å². The SMILES string of the molecule is NCc1ccccc1-c1nnc2cc(-c3ccc(Cl)cc3)c(-c3ccccc3Cl)nn12. The molecule has 5 aromatic rings. The minimum atomic E-state index is 0.394. The van der Waals surface area contributed by atoms with Crippen molar-refractivity contribution in [1.29, 1.82) is 0 Å². The van der Waals surface area contributed by atoms with Crippen LogP contribution in [0.2, 0.25) is 10.0 Å². The summed E-state index contributed by atoms with van der Waals surface area (Å²) in [7, 11) is 0. The summed E-state index contributed by atoms with van der Waals surface area (Å²) in [5.41, 5.74) is 11.8. The Morgan fingerprint density at radius 3 is 2.23 bits per heavy atom. The zero-order valence-corrected chi connectivity index (χ0v) is 17.8. The first-order valence-electron chi connectivity index (χ1n) is 9.71. The van der Waals surface area contributed by atoms with Crippen molar-refractivity contribution in [3.8, 4) is 33.8 Å². The Morgan fingerprint density at radius 1 is 0.774 bits per heavy atom. The number of hydrogen-bond acceptors (Lipinski definition) is 4. The lowest BCUT2D eigenvalue weighted by molar-refractivity contribution is 0.937. The monoisotopic (exact) mass is 445 g/mol. The zero-order chi connectivity index (χ0) is 21.4. The summed E-state index contributed by atoms with van der Waals surface area (Å²) in [5, 5.41) is 15.0. The summed E-state index contributed by atoms with van der Waals surface area (Å²) >= 11 is 12.7. The highest BCUT2D eigenvalue weighted by molar-refractivity contribution is 6.33. The fraction of sp³-hybridized carbons (Fsp3) is 0.0417. The molecular formula is C24H17Cl2N5. The van der Waals surface area contributed by atoms with Crippen LogP contribution >= 0.6 is 23.2 Å². The van der Waals surface area contributed by atoms with Crippen LogP contribution in [0.1, 0.15) is 5.56 Å². The maximum Gasteiger partial charge on any atom is 0.185 e. The molecule has 7 heteroatoms. The van der Waals surface area contributed by atoms with Crippen molar-refractivity contribution < 1.29 is 0 Å². The van der Waals surface area contributed by atoms with Crippen LogP contribution in [-0.2, 0) is 6.54 Å². The number of hydrogen-bond donors (Lipinski definition) is 1. The number of rotatable bonds is 4. The summed E-state index contributed by atoms with van der Waals surface area (Å²) in [6, 6.07) is 25.1. The molecule has 152 valence electrons. The lowest BCUT2D eigenvalue weighted by Gasteiger charge is -2.12. The number of benzene rings is 3. The van der Waals surface area contributed by atoms with E-state index in [0.717, 1.165) is 33.5 Å². The zero-order valence-electron chi connectivity index (χ0n) is 16.3. The molecule has 0 amide bonds. The number of nitrogens with two attached hydrogens (primary N) is 1. The van der Waals surface area contributed by atoms with Gasteiger partial charge in [-0.05, 0) is 35.4 Å². The van der Waals surface area contributed by atoms with Crippen molar-refractivity contribution in [2.24, 2.45) is 5.73 Å². The molecule has 0 aliphatic rings. The van der Waals surface area contributed by atoms with Gasteiger partial charge in [-0.1, -0.05) is 77.8 Å². The third-order valence-electron chi connectivity index (χ3n) is 5.16. The Balaban J connectivity index is 1.81. The molecule has 0 saturated heterocycles. The lowest BCUT2D eigenvalue weighted by atomic mass is 10.00. The lowest BCUT2D eigenvalue weighted by Crippen LogP contribution is -2.03. The van der Waals surface area contributed by atoms with Crippen LogP contribution in [0.15, 0.2) is 78.9 Å². The van der Waals surface area contributed by atoms with Gasteiger partial charge < -0.3 is 5.73 Å². The predicted octanol–water partition coefficient (Wildman–Crippen LogP) is 5.89. The Bertz CT molecular complexity index is 1390. The molecule has 0 aliphatic heterocycles. The molecule has 0 saturated carbocycles. The molecule has 3 aromatic carbocycles. The molecule has 0 bridgehead atoms. The third-order valence-corrected chi connectivity index (χ3v) is 5.74. The Morgan fingerprint density at radius 2 is 1.48 bits per heavy atom. The van der Waals surface area contributed by atoms with Crippen molar-refractivity contribution in [2.75, 3.05) is 0 Å². The van der Waals surface area contributed by atoms with Gasteiger partial charge in [0.25, 0.3) is 0 Å². The first-order valence-corrected chi connectivity index (χ1v) is 10.5. The molecule has 2 N–H and O–H groups in total. The second-order valence-corrected chi connectivity index (χ2v) is 7.89. The summed E-state index contributed by atoms with van der Waals surface area (Å²) in [5.74, 6) is 0.631. The Kier molecular flexibility index (Phi) is 5.16. The van der Waals surface area contributed by atoms with E-state index in [1.54, 1.807) is 4.52 Å². The van der Waals surface area contributed by atoms with Gasteiger partial charge in [0.2, 0.25) is 0 Å². The van der Waals surface area contributed by atoms with Gasteiger partial charge in [0, 0.05) is 28.3 Å². The van der Waals surface area contributed by atoms with Crippen molar-refractivity contribution in [3.05, 3.63) is 94.5 Å². The van der Waals surface area contributed by atoms with Gasteiger partial charge in [0.15, 0.2) is 11.5 Å². The van der Waals surface area contributed by atoms with E-state index in [4.69, 9.17) is 34.0 Å². The van der Waals surface area contributed by atoms with Gasteiger partial charge in [0.1, 0.15) is 5.69 Å². The topological polar surface area (TPSA) is 69.1 Å². The van der Waals surface area contributed by atoms with Crippen LogP contribution in [0.4, 0.5) is 0 Å². The first-order chi connectivity index (χ1) is 15.2. The van der Waals surface area contributed by atoms with Crippen molar-refractivity contribution in [3.63, 3.8) is 0 Å². The molecule has 31 heavy (non-hydrogen) atoms. The van der Waals surface area contributed by atoms with E-state index < -0.39 is 0 Å². The fourth-order valence-electron chi connectivity index (χ4n) is 3.62. The average Bonchev–Trinajstić information content (AvgIpc) is 3.22. The van der Waals surface area contributed by atoms with E-state index in [0.29, 0.717) is 28.1 Å². The molecule has 0 atom stereocenters. The largest absolute Gasteiger partial charge is 0.326 e. The van der Waals surface area contributed by atoms with E-state index in [9.17, 15) is 0 Å². The second kappa shape index (κ2) is 8.12. The van der Waals surface area contributed by atoms with E-state index in [-0.39, 0.29) is 0 Å². The van der Waals surface area contributed by atoms with E-state index >= 15 is 0 Å².